The van der Waals surface area contributed by atoms with E-state index in [4.69, 9.17) is 4.74 Å². The lowest BCUT2D eigenvalue weighted by Gasteiger charge is -2.09. The quantitative estimate of drug-likeness (QED) is 0.514. The van der Waals surface area contributed by atoms with E-state index < -0.39 is 0 Å². The zero-order valence-electron chi connectivity index (χ0n) is 16.9. The highest BCUT2D eigenvalue weighted by Gasteiger charge is 2.26. The molecule has 0 unspecified atom stereocenters. The molecule has 0 aliphatic carbocycles. The predicted octanol–water partition coefficient (Wildman–Crippen LogP) is 3.32. The highest BCUT2D eigenvalue weighted by Crippen LogP contribution is 2.25. The Balaban J connectivity index is 2.00. The minimum Gasteiger partial charge on any atom is -0.497 e. The molecule has 4 aromatic rings. The van der Waals surface area contributed by atoms with E-state index in [1.165, 1.54) is 0 Å². The lowest BCUT2D eigenvalue weighted by Crippen LogP contribution is -2.68. The summed E-state index contributed by atoms with van der Waals surface area (Å²) in [6, 6.07) is 8.02. The largest absolute Gasteiger partial charge is 0.497 e. The van der Waals surface area contributed by atoms with E-state index >= 15 is 0 Å². The molecule has 6 heteroatoms. The van der Waals surface area contributed by atoms with Crippen molar-refractivity contribution in [2.75, 3.05) is 7.11 Å². The van der Waals surface area contributed by atoms with Crippen molar-refractivity contribution in [2.24, 2.45) is 0 Å². The van der Waals surface area contributed by atoms with E-state index in [0.29, 0.717) is 5.92 Å². The van der Waals surface area contributed by atoms with Crippen LogP contribution >= 0.6 is 0 Å². The Kier molecular flexibility index (Phi) is 4.63. The van der Waals surface area contributed by atoms with Crippen LogP contribution < -0.4 is 14.1 Å². The van der Waals surface area contributed by atoms with E-state index in [2.05, 4.69) is 64.3 Å². The molecule has 3 heterocycles. The third-order valence-electron chi connectivity index (χ3n) is 4.97. The molecule has 3 aromatic heterocycles. The van der Waals surface area contributed by atoms with Crippen molar-refractivity contribution in [3.63, 3.8) is 0 Å². The van der Waals surface area contributed by atoms with Crippen LogP contribution in [0.5, 0.6) is 5.75 Å². The van der Waals surface area contributed by atoms with Gasteiger partial charge in [-0.25, -0.2) is 9.97 Å². The van der Waals surface area contributed by atoms with E-state index in [9.17, 15) is 0 Å². The molecule has 0 radical (unpaired) electrons. The van der Waals surface area contributed by atoms with Gasteiger partial charge >= 0.3 is 6.33 Å². The first-order chi connectivity index (χ1) is 13.5. The normalized spacial score (nSPS) is 11.7. The maximum Gasteiger partial charge on any atom is 0.348 e. The summed E-state index contributed by atoms with van der Waals surface area (Å²) in [5.41, 5.74) is 4.10. The predicted molar refractivity (Wildman–Crippen MR) is 107 cm³/mol. The second-order valence-electron chi connectivity index (χ2n) is 7.55. The summed E-state index contributed by atoms with van der Waals surface area (Å²) in [5, 5.41) is 2.13. The fourth-order valence-electron chi connectivity index (χ4n) is 3.63. The summed E-state index contributed by atoms with van der Waals surface area (Å²) in [5.74, 6) is 1.43. The Morgan fingerprint density at radius 2 is 1.68 bits per heavy atom. The van der Waals surface area contributed by atoms with E-state index in [0.717, 1.165) is 38.9 Å². The van der Waals surface area contributed by atoms with Gasteiger partial charge in [-0.15, -0.1) is 0 Å². The zero-order chi connectivity index (χ0) is 19.8. The number of aromatic nitrogens is 5. The Bertz CT molecular complexity index is 1170. The first-order valence-corrected chi connectivity index (χ1v) is 9.54. The molecule has 0 aliphatic rings. The molecular formula is C22H25N5O+2. The minimum atomic E-state index is 0.289. The van der Waals surface area contributed by atoms with E-state index in [-0.39, 0.29) is 5.92 Å². The molecule has 0 amide bonds. The molecule has 6 nitrogen and oxygen atoms in total. The fourth-order valence-corrected chi connectivity index (χ4v) is 3.63. The summed E-state index contributed by atoms with van der Waals surface area (Å²) < 4.78 is 9.58. The number of fused-ring (bicyclic) bond motifs is 2. The van der Waals surface area contributed by atoms with Crippen LogP contribution in [0.1, 0.15) is 50.9 Å². The van der Waals surface area contributed by atoms with Crippen LogP contribution in [0.2, 0.25) is 0 Å². The van der Waals surface area contributed by atoms with Crippen molar-refractivity contribution in [3.8, 4) is 5.75 Å². The second kappa shape index (κ2) is 7.11. The number of hydrogen-bond donors (Lipinski definition) is 0. The van der Waals surface area contributed by atoms with Crippen molar-refractivity contribution < 1.29 is 14.1 Å². The van der Waals surface area contributed by atoms with Crippen LogP contribution in [0.4, 0.5) is 0 Å². The average Bonchev–Trinajstić information content (AvgIpc) is 2.71. The molecule has 0 saturated carbocycles. The number of ether oxygens (including phenoxy) is 1. The van der Waals surface area contributed by atoms with Crippen molar-refractivity contribution >= 4 is 21.8 Å². The average molecular weight is 375 g/mol. The molecule has 142 valence electrons. The standard InChI is InChI=1S/C22H25N5O/c1-14(2)21-18-11-26(9-8-20(18)23-12-24-21)27-13-25-19-7-6-16(28-5)10-17(19)22(27)15(3)4/h6-15H,1-5H3/q+2. The molecule has 0 fully saturated rings. The van der Waals surface area contributed by atoms with Crippen LogP contribution in [0, 0.1) is 0 Å². The zero-order valence-corrected chi connectivity index (χ0v) is 16.9. The molecule has 0 atom stereocenters. The highest BCUT2D eigenvalue weighted by atomic mass is 16.5. The fraction of sp³-hybridized carbons (Fsp3) is 0.318. The van der Waals surface area contributed by atoms with Gasteiger partial charge in [-0.2, -0.15) is 0 Å². The lowest BCUT2D eigenvalue weighted by molar-refractivity contribution is -1.30. The molecule has 0 N–H and O–H groups in total. The van der Waals surface area contributed by atoms with E-state index in [1.807, 2.05) is 30.7 Å². The minimum absolute atomic E-state index is 0.289. The van der Waals surface area contributed by atoms with Crippen LogP contribution in [0.15, 0.2) is 49.3 Å². The molecule has 0 bridgehead atoms. The molecule has 0 aliphatic heterocycles. The van der Waals surface area contributed by atoms with Crippen LogP contribution in [0.3, 0.4) is 0 Å². The Morgan fingerprint density at radius 3 is 2.39 bits per heavy atom. The van der Waals surface area contributed by atoms with Gasteiger partial charge < -0.3 is 4.74 Å². The number of nitrogens with zero attached hydrogens (tertiary/aromatic N) is 5. The van der Waals surface area contributed by atoms with Gasteiger partial charge in [-0.1, -0.05) is 27.7 Å². The molecule has 0 spiro atoms. The van der Waals surface area contributed by atoms with Crippen molar-refractivity contribution in [2.45, 2.75) is 39.5 Å². The summed E-state index contributed by atoms with van der Waals surface area (Å²) in [6.45, 7) is 8.68. The Hall–Kier alpha value is -3.15. The number of pyridine rings is 1. The van der Waals surface area contributed by atoms with Crippen molar-refractivity contribution in [1.29, 1.82) is 0 Å². The molecule has 4 rings (SSSR count). The molecular weight excluding hydrogens is 350 g/mol. The van der Waals surface area contributed by atoms with Crippen LogP contribution in [-0.2, 0) is 0 Å². The maximum atomic E-state index is 5.44. The summed E-state index contributed by atoms with van der Waals surface area (Å²) >= 11 is 0. The van der Waals surface area contributed by atoms with Crippen LogP contribution in [0.25, 0.3) is 21.8 Å². The molecule has 0 saturated heterocycles. The maximum absolute atomic E-state index is 5.44. The SMILES string of the molecule is COc1ccc2nc[n+](-[n+]3ccc4ncnc(C(C)C)c4c3)c(C(C)C)c2c1. The van der Waals surface area contributed by atoms with Gasteiger partial charge in [0.15, 0.2) is 11.2 Å². The van der Waals surface area contributed by atoms with Gasteiger partial charge in [0.2, 0.25) is 12.4 Å². The number of methoxy groups -OCH3 is 1. The smallest absolute Gasteiger partial charge is 0.348 e. The summed E-state index contributed by atoms with van der Waals surface area (Å²) in [7, 11) is 1.69. The van der Waals surface area contributed by atoms with Crippen LogP contribution in [-0.4, -0.2) is 22.1 Å². The van der Waals surface area contributed by atoms with Gasteiger partial charge in [-0.05, 0) is 33.8 Å². The van der Waals surface area contributed by atoms with Crippen molar-refractivity contribution in [3.05, 3.63) is 60.7 Å². The van der Waals surface area contributed by atoms with Crippen molar-refractivity contribution in [1.82, 2.24) is 15.0 Å². The molecule has 1 aromatic carbocycles. The van der Waals surface area contributed by atoms with Gasteiger partial charge in [0.25, 0.3) is 0 Å². The Labute approximate surface area is 164 Å². The number of benzene rings is 1. The number of hydrogen-bond acceptors (Lipinski definition) is 4. The first-order valence-electron chi connectivity index (χ1n) is 9.54. The first kappa shape index (κ1) is 18.2. The third-order valence-corrected chi connectivity index (χ3v) is 4.97. The Morgan fingerprint density at radius 1 is 0.893 bits per heavy atom. The summed E-state index contributed by atoms with van der Waals surface area (Å²) in [6.07, 6.45) is 7.61. The van der Waals surface area contributed by atoms with Gasteiger partial charge in [0.1, 0.15) is 12.1 Å². The second-order valence-corrected chi connectivity index (χ2v) is 7.55. The number of rotatable bonds is 4. The van der Waals surface area contributed by atoms with Gasteiger partial charge in [0.05, 0.1) is 29.1 Å². The van der Waals surface area contributed by atoms with Gasteiger partial charge in [-0.3, -0.25) is 0 Å². The lowest BCUT2D eigenvalue weighted by atomic mass is 10.0. The highest BCUT2D eigenvalue weighted by molar-refractivity contribution is 5.82. The third kappa shape index (κ3) is 3.05. The summed E-state index contributed by atoms with van der Waals surface area (Å²) in [4.78, 5) is 13.6. The topological polar surface area (TPSA) is 55.7 Å². The van der Waals surface area contributed by atoms with Gasteiger partial charge in [0, 0.05) is 16.7 Å². The van der Waals surface area contributed by atoms with E-state index in [1.54, 1.807) is 13.4 Å². The molecule has 28 heavy (non-hydrogen) atoms. The monoisotopic (exact) mass is 375 g/mol.